The van der Waals surface area contributed by atoms with Gasteiger partial charge < -0.3 is 4.74 Å². The monoisotopic (exact) mass is 348 g/mol. The molecule has 0 amide bonds. The summed E-state index contributed by atoms with van der Waals surface area (Å²) in [5.74, 6) is -1.14. The number of hydrogen-bond acceptors (Lipinski definition) is 4. The van der Waals surface area contributed by atoms with Crippen LogP contribution in [0, 0.1) is 0 Å². The van der Waals surface area contributed by atoms with Crippen LogP contribution < -0.4 is 5.56 Å². The summed E-state index contributed by atoms with van der Waals surface area (Å²) in [4.78, 5) is 28.1. The molecular weight excluding hydrogens is 337 g/mol. The zero-order valence-corrected chi connectivity index (χ0v) is 12.7. The maximum atomic E-state index is 12.9. The summed E-state index contributed by atoms with van der Waals surface area (Å²) in [5.41, 5.74) is -1.56. The molecule has 0 N–H and O–H groups in total. The van der Waals surface area contributed by atoms with Gasteiger partial charge in [-0.2, -0.15) is 13.2 Å². The van der Waals surface area contributed by atoms with Gasteiger partial charge in [-0.15, -0.1) is 0 Å². The van der Waals surface area contributed by atoms with Crippen LogP contribution in [-0.4, -0.2) is 15.4 Å². The fraction of sp³-hybridized carbons (Fsp3) is 0.118. The highest BCUT2D eigenvalue weighted by Gasteiger charge is 2.35. The first-order chi connectivity index (χ1) is 11.9. The van der Waals surface area contributed by atoms with Gasteiger partial charge in [0.25, 0.3) is 5.56 Å². The van der Waals surface area contributed by atoms with Crippen LogP contribution in [0.5, 0.6) is 0 Å². The van der Waals surface area contributed by atoms with Crippen molar-refractivity contribution in [1.82, 2.24) is 9.38 Å². The Balaban J connectivity index is 1.83. The number of rotatable bonds is 3. The number of alkyl halides is 3. The van der Waals surface area contributed by atoms with Crippen molar-refractivity contribution in [1.29, 1.82) is 0 Å². The number of nitrogens with zero attached hydrogens (tertiary/aromatic N) is 2. The van der Waals surface area contributed by atoms with Gasteiger partial charge in [0.05, 0.1) is 16.8 Å². The van der Waals surface area contributed by atoms with E-state index < -0.39 is 29.9 Å². The molecule has 0 saturated heterocycles. The van der Waals surface area contributed by atoms with Crippen LogP contribution in [0.1, 0.15) is 21.6 Å². The van der Waals surface area contributed by atoms with Crippen LogP contribution in [-0.2, 0) is 17.5 Å². The van der Waals surface area contributed by atoms with E-state index in [4.69, 9.17) is 4.74 Å². The minimum Gasteiger partial charge on any atom is -0.456 e. The molecule has 0 unspecified atom stereocenters. The second kappa shape index (κ2) is 6.39. The summed E-state index contributed by atoms with van der Waals surface area (Å²) in [6.45, 7) is -0.411. The molecule has 0 fully saturated rings. The minimum absolute atomic E-state index is 0.147. The number of benzene rings is 1. The van der Waals surface area contributed by atoms with Crippen LogP contribution >= 0.6 is 0 Å². The molecular formula is C17H11F3N2O3. The van der Waals surface area contributed by atoms with Gasteiger partial charge in [0.15, 0.2) is 0 Å². The maximum Gasteiger partial charge on any atom is 0.417 e. The highest BCUT2D eigenvalue weighted by Crippen LogP contribution is 2.32. The van der Waals surface area contributed by atoms with Crippen molar-refractivity contribution in [3.63, 3.8) is 0 Å². The molecule has 1 aromatic carbocycles. The third-order valence-electron chi connectivity index (χ3n) is 3.43. The first-order valence-corrected chi connectivity index (χ1v) is 7.17. The highest BCUT2D eigenvalue weighted by atomic mass is 19.4. The lowest BCUT2D eigenvalue weighted by Crippen LogP contribution is -2.18. The molecule has 3 rings (SSSR count). The predicted octanol–water partition coefficient (Wildman–Crippen LogP) is 3.07. The van der Waals surface area contributed by atoms with Crippen LogP contribution in [0.4, 0.5) is 13.2 Å². The van der Waals surface area contributed by atoms with Crippen molar-refractivity contribution in [3.8, 4) is 0 Å². The van der Waals surface area contributed by atoms with Gasteiger partial charge in [-0.1, -0.05) is 18.2 Å². The number of carbonyl (C=O) groups is 1. The van der Waals surface area contributed by atoms with Crippen molar-refractivity contribution >= 4 is 11.6 Å². The van der Waals surface area contributed by atoms with Gasteiger partial charge in [0.1, 0.15) is 12.3 Å². The van der Waals surface area contributed by atoms with E-state index in [9.17, 15) is 22.8 Å². The lowest BCUT2D eigenvalue weighted by Gasteiger charge is -2.12. The smallest absolute Gasteiger partial charge is 0.417 e. The third-order valence-corrected chi connectivity index (χ3v) is 3.43. The zero-order valence-electron chi connectivity index (χ0n) is 12.7. The van der Waals surface area contributed by atoms with Gasteiger partial charge in [-0.05, 0) is 24.3 Å². The van der Waals surface area contributed by atoms with Gasteiger partial charge in [-0.25, -0.2) is 9.78 Å². The lowest BCUT2D eigenvalue weighted by molar-refractivity contribution is -0.138. The Morgan fingerprint density at radius 2 is 1.84 bits per heavy atom. The number of fused-ring (bicyclic) bond motifs is 1. The van der Waals surface area contributed by atoms with Crippen LogP contribution in [0.15, 0.2) is 59.5 Å². The van der Waals surface area contributed by atoms with Crippen molar-refractivity contribution in [3.05, 3.63) is 81.9 Å². The van der Waals surface area contributed by atoms with Gasteiger partial charge in [0, 0.05) is 12.3 Å². The highest BCUT2D eigenvalue weighted by molar-refractivity contribution is 5.91. The van der Waals surface area contributed by atoms with Crippen LogP contribution in [0.2, 0.25) is 0 Å². The number of hydrogen-bond donors (Lipinski definition) is 0. The molecule has 25 heavy (non-hydrogen) atoms. The molecule has 0 atom stereocenters. The Kier molecular flexibility index (Phi) is 4.26. The topological polar surface area (TPSA) is 60.7 Å². The molecule has 3 aromatic rings. The molecule has 0 aliphatic rings. The summed E-state index contributed by atoms with van der Waals surface area (Å²) in [7, 11) is 0. The Morgan fingerprint density at radius 3 is 2.60 bits per heavy atom. The van der Waals surface area contributed by atoms with Crippen LogP contribution in [0.3, 0.4) is 0 Å². The van der Waals surface area contributed by atoms with E-state index in [0.29, 0.717) is 5.65 Å². The van der Waals surface area contributed by atoms with Gasteiger partial charge in [0.2, 0.25) is 0 Å². The molecule has 0 aliphatic carbocycles. The van der Waals surface area contributed by atoms with Gasteiger partial charge >= 0.3 is 12.1 Å². The molecule has 0 radical (unpaired) electrons. The molecule has 0 bridgehead atoms. The van der Waals surface area contributed by atoms with Gasteiger partial charge in [-0.3, -0.25) is 9.20 Å². The number of halogens is 3. The minimum atomic E-state index is -4.67. The largest absolute Gasteiger partial charge is 0.456 e. The summed E-state index contributed by atoms with van der Waals surface area (Å²) in [6, 6.07) is 10.4. The number of carbonyl (C=O) groups excluding carboxylic acids is 1. The van der Waals surface area contributed by atoms with E-state index in [1.807, 2.05) is 0 Å². The summed E-state index contributed by atoms with van der Waals surface area (Å²) in [6.07, 6.45) is -3.14. The maximum absolute atomic E-state index is 12.9. The SMILES string of the molecule is O=C(OCc1cc(=O)n2ccccc2n1)c1ccccc1C(F)(F)F. The molecule has 128 valence electrons. The number of esters is 1. The quantitative estimate of drug-likeness (QED) is 0.683. The lowest BCUT2D eigenvalue weighted by atomic mass is 10.1. The normalized spacial score (nSPS) is 11.5. The third kappa shape index (κ3) is 3.52. The fourth-order valence-electron chi connectivity index (χ4n) is 2.30. The Morgan fingerprint density at radius 1 is 1.12 bits per heavy atom. The van der Waals surface area contributed by atoms with Crippen molar-refractivity contribution < 1.29 is 22.7 Å². The molecule has 0 aliphatic heterocycles. The molecule has 2 heterocycles. The Labute approximate surface area is 139 Å². The molecule has 5 nitrogen and oxygen atoms in total. The average molecular weight is 348 g/mol. The van der Waals surface area contributed by atoms with Crippen molar-refractivity contribution in [2.24, 2.45) is 0 Å². The number of ether oxygens (including phenoxy) is 1. The van der Waals surface area contributed by atoms with Crippen LogP contribution in [0.25, 0.3) is 5.65 Å². The van der Waals surface area contributed by atoms with Crippen molar-refractivity contribution in [2.45, 2.75) is 12.8 Å². The summed E-state index contributed by atoms with van der Waals surface area (Å²) >= 11 is 0. The summed E-state index contributed by atoms with van der Waals surface area (Å²) < 4.78 is 45.0. The zero-order chi connectivity index (χ0) is 18.0. The number of pyridine rings is 1. The molecule has 0 spiro atoms. The number of aromatic nitrogens is 2. The van der Waals surface area contributed by atoms with E-state index >= 15 is 0 Å². The molecule has 8 heteroatoms. The molecule has 2 aromatic heterocycles. The van der Waals surface area contributed by atoms with E-state index in [-0.39, 0.29) is 11.3 Å². The van der Waals surface area contributed by atoms with E-state index in [1.54, 1.807) is 18.2 Å². The summed E-state index contributed by atoms with van der Waals surface area (Å²) in [5, 5.41) is 0. The van der Waals surface area contributed by atoms with Crippen molar-refractivity contribution in [2.75, 3.05) is 0 Å². The first-order valence-electron chi connectivity index (χ1n) is 7.17. The standard InChI is InChI=1S/C17H11F3N2O3/c18-17(19,20)13-6-2-1-5-12(13)16(24)25-10-11-9-15(23)22-8-4-3-7-14(22)21-11/h1-9H,10H2. The predicted molar refractivity (Wildman–Crippen MR) is 82.0 cm³/mol. The second-order valence-corrected chi connectivity index (χ2v) is 5.13. The first kappa shape index (κ1) is 16.7. The molecule has 0 saturated carbocycles. The Bertz CT molecular complexity index is 996. The Hall–Kier alpha value is -3.16. The van der Waals surface area contributed by atoms with E-state index in [1.165, 1.54) is 22.7 Å². The van der Waals surface area contributed by atoms with E-state index in [0.717, 1.165) is 18.2 Å². The second-order valence-electron chi connectivity index (χ2n) is 5.13. The fourth-order valence-corrected chi connectivity index (χ4v) is 2.30. The van der Waals surface area contributed by atoms with E-state index in [2.05, 4.69) is 4.98 Å². The average Bonchev–Trinajstić information content (AvgIpc) is 2.59.